The third-order valence-corrected chi connectivity index (χ3v) is 3.09. The lowest BCUT2D eigenvalue weighted by Gasteiger charge is -2.33. The van der Waals surface area contributed by atoms with Crippen molar-refractivity contribution in [2.75, 3.05) is 6.54 Å². The summed E-state index contributed by atoms with van der Waals surface area (Å²) in [5.74, 6) is 0.438. The first-order valence-electron chi connectivity index (χ1n) is 6.98. The molecule has 2 rings (SSSR count). The lowest BCUT2D eigenvalue weighted by atomic mass is 9.99. The van der Waals surface area contributed by atoms with Crippen molar-refractivity contribution in [3.63, 3.8) is 0 Å². The lowest BCUT2D eigenvalue weighted by molar-refractivity contribution is 0.0327. The first kappa shape index (κ1) is 14.6. The van der Waals surface area contributed by atoms with Crippen molar-refractivity contribution < 1.29 is 9.53 Å². The monoisotopic (exact) mass is 274 g/mol. The predicted octanol–water partition coefficient (Wildman–Crippen LogP) is 3.70. The minimum Gasteiger partial charge on any atom is -0.443 e. The van der Waals surface area contributed by atoms with Gasteiger partial charge in [-0.1, -0.05) is 13.0 Å². The largest absolute Gasteiger partial charge is 0.443 e. The van der Waals surface area contributed by atoms with Crippen LogP contribution >= 0.6 is 0 Å². The van der Waals surface area contributed by atoms with E-state index in [9.17, 15) is 4.79 Å². The molecule has 0 bridgehead atoms. The van der Waals surface area contributed by atoms with Gasteiger partial charge in [0.25, 0.3) is 0 Å². The highest BCUT2D eigenvalue weighted by Crippen LogP contribution is 2.28. The maximum absolute atomic E-state index is 12.4. The van der Waals surface area contributed by atoms with E-state index < -0.39 is 5.60 Å². The minimum absolute atomic E-state index is 0.285. The summed E-state index contributed by atoms with van der Waals surface area (Å²) in [6.45, 7) is 8.47. The van der Waals surface area contributed by atoms with Gasteiger partial charge in [-0.3, -0.25) is 9.88 Å². The first-order valence-corrected chi connectivity index (χ1v) is 6.98. The molecule has 1 atom stereocenters. The number of hydrogen-bond donors (Lipinski definition) is 0. The van der Waals surface area contributed by atoms with Crippen molar-refractivity contribution in [1.82, 2.24) is 9.88 Å². The van der Waals surface area contributed by atoms with Crippen molar-refractivity contribution in [1.29, 1.82) is 0 Å². The molecule has 0 N–H and O–H groups in total. The number of ether oxygens (including phenoxy) is 1. The summed E-state index contributed by atoms with van der Waals surface area (Å²) < 4.78 is 5.51. The maximum Gasteiger partial charge on any atom is 0.414 e. The maximum atomic E-state index is 12.4. The lowest BCUT2D eigenvalue weighted by Crippen LogP contribution is -2.39. The summed E-state index contributed by atoms with van der Waals surface area (Å²) in [5, 5.41) is 0. The first-order chi connectivity index (χ1) is 9.37. The van der Waals surface area contributed by atoms with Crippen molar-refractivity contribution in [2.24, 2.45) is 5.92 Å². The number of hydrogen-bond acceptors (Lipinski definition) is 3. The molecule has 1 aromatic rings. The Morgan fingerprint density at radius 3 is 2.60 bits per heavy atom. The summed E-state index contributed by atoms with van der Waals surface area (Å²) >= 11 is 0. The zero-order valence-electron chi connectivity index (χ0n) is 12.6. The number of carbonyl (C=O) groups excluding carboxylic acids is 1. The predicted molar refractivity (Wildman–Crippen MR) is 78.9 cm³/mol. The molecule has 1 amide bonds. The number of amides is 1. The van der Waals surface area contributed by atoms with E-state index in [1.54, 1.807) is 17.3 Å². The van der Waals surface area contributed by atoms with Crippen LogP contribution in [0, 0.1) is 5.92 Å². The topological polar surface area (TPSA) is 42.4 Å². The Labute approximate surface area is 120 Å². The van der Waals surface area contributed by atoms with E-state index in [1.165, 1.54) is 0 Å². The van der Waals surface area contributed by atoms with Crippen LogP contribution in [-0.4, -0.2) is 28.1 Å². The summed E-state index contributed by atoms with van der Waals surface area (Å²) in [5.41, 5.74) is 1.43. The standard InChI is InChI=1S/C16H22N2O2/c1-12-5-6-14(13-7-9-17-10-8-13)18(11-12)15(19)20-16(2,3)4/h6-10,12H,5,11H2,1-4H3/t12-/m0/s1. The Kier molecular flexibility index (Phi) is 4.12. The molecule has 0 aliphatic carbocycles. The molecule has 1 aromatic heterocycles. The molecule has 0 unspecified atom stereocenters. The van der Waals surface area contributed by atoms with Crippen molar-refractivity contribution >= 4 is 11.8 Å². The van der Waals surface area contributed by atoms with Gasteiger partial charge in [0.15, 0.2) is 0 Å². The van der Waals surface area contributed by atoms with Gasteiger partial charge in [-0.25, -0.2) is 4.79 Å². The van der Waals surface area contributed by atoms with Gasteiger partial charge in [-0.15, -0.1) is 0 Å². The molecule has 0 radical (unpaired) electrons. The fourth-order valence-electron chi connectivity index (χ4n) is 2.19. The molecular weight excluding hydrogens is 252 g/mol. The highest BCUT2D eigenvalue weighted by Gasteiger charge is 2.29. The fraction of sp³-hybridized carbons (Fsp3) is 0.500. The Morgan fingerprint density at radius 1 is 1.35 bits per heavy atom. The summed E-state index contributed by atoms with van der Waals surface area (Å²) in [4.78, 5) is 18.1. The third-order valence-electron chi connectivity index (χ3n) is 3.09. The van der Waals surface area contributed by atoms with E-state index in [0.29, 0.717) is 12.5 Å². The van der Waals surface area contributed by atoms with Crippen molar-refractivity contribution in [2.45, 2.75) is 39.7 Å². The fourth-order valence-corrected chi connectivity index (χ4v) is 2.19. The van der Waals surface area contributed by atoms with Gasteiger partial charge in [0.05, 0.1) is 5.70 Å². The molecule has 20 heavy (non-hydrogen) atoms. The normalized spacial score (nSPS) is 19.5. The van der Waals surface area contributed by atoms with Crippen molar-refractivity contribution in [3.05, 3.63) is 36.2 Å². The molecule has 108 valence electrons. The van der Waals surface area contributed by atoms with Gasteiger partial charge in [-0.05, 0) is 45.2 Å². The second-order valence-electron chi connectivity index (χ2n) is 6.26. The second-order valence-corrected chi connectivity index (χ2v) is 6.26. The van der Waals surface area contributed by atoms with E-state index in [-0.39, 0.29) is 6.09 Å². The van der Waals surface area contributed by atoms with Crippen LogP contribution in [0.2, 0.25) is 0 Å². The highest BCUT2D eigenvalue weighted by molar-refractivity contribution is 5.82. The summed E-state index contributed by atoms with van der Waals surface area (Å²) in [6.07, 6.45) is 6.26. The van der Waals surface area contributed by atoms with E-state index >= 15 is 0 Å². The van der Waals surface area contributed by atoms with Crippen LogP contribution in [0.15, 0.2) is 30.6 Å². The molecule has 2 heterocycles. The third kappa shape index (κ3) is 3.59. The molecule has 0 saturated heterocycles. The molecular formula is C16H22N2O2. The Hall–Kier alpha value is -1.84. The number of allylic oxidation sites excluding steroid dienone is 1. The van der Waals surface area contributed by atoms with E-state index in [1.807, 2.05) is 32.9 Å². The van der Waals surface area contributed by atoms with Crippen LogP contribution in [0.1, 0.15) is 39.7 Å². The van der Waals surface area contributed by atoms with E-state index in [0.717, 1.165) is 17.7 Å². The molecule has 4 nitrogen and oxygen atoms in total. The minimum atomic E-state index is -0.485. The zero-order chi connectivity index (χ0) is 14.8. The van der Waals surface area contributed by atoms with Crippen LogP contribution in [0.5, 0.6) is 0 Å². The van der Waals surface area contributed by atoms with E-state index in [2.05, 4.69) is 18.0 Å². The smallest absolute Gasteiger partial charge is 0.414 e. The summed E-state index contributed by atoms with van der Waals surface area (Å²) in [6, 6.07) is 3.83. The molecule has 0 aromatic carbocycles. The number of rotatable bonds is 1. The van der Waals surface area contributed by atoms with Gasteiger partial charge >= 0.3 is 6.09 Å². The summed E-state index contributed by atoms with van der Waals surface area (Å²) in [7, 11) is 0. The molecule has 1 aliphatic rings. The van der Waals surface area contributed by atoms with Gasteiger partial charge < -0.3 is 4.74 Å². The molecule has 0 fully saturated rings. The van der Waals surface area contributed by atoms with Crippen LogP contribution in [0.3, 0.4) is 0 Å². The Balaban J connectivity index is 2.26. The van der Waals surface area contributed by atoms with Crippen LogP contribution in [0.25, 0.3) is 5.70 Å². The molecule has 0 saturated carbocycles. The molecule has 1 aliphatic heterocycles. The Bertz CT molecular complexity index is 503. The SMILES string of the molecule is C[C@H]1CC=C(c2ccncc2)N(C(=O)OC(C)(C)C)C1. The van der Waals surface area contributed by atoms with Crippen LogP contribution in [-0.2, 0) is 4.74 Å². The van der Waals surface area contributed by atoms with E-state index in [4.69, 9.17) is 4.74 Å². The number of pyridine rings is 1. The van der Waals surface area contributed by atoms with Crippen LogP contribution in [0.4, 0.5) is 4.79 Å². The average molecular weight is 274 g/mol. The van der Waals surface area contributed by atoms with Crippen molar-refractivity contribution in [3.8, 4) is 0 Å². The van der Waals surface area contributed by atoms with Gasteiger partial charge in [0.2, 0.25) is 0 Å². The molecule has 0 spiro atoms. The highest BCUT2D eigenvalue weighted by atomic mass is 16.6. The zero-order valence-corrected chi connectivity index (χ0v) is 12.6. The van der Waals surface area contributed by atoms with Gasteiger partial charge in [-0.2, -0.15) is 0 Å². The van der Waals surface area contributed by atoms with Gasteiger partial charge in [0, 0.05) is 24.5 Å². The second kappa shape index (κ2) is 5.65. The number of carbonyl (C=O) groups is 1. The quantitative estimate of drug-likeness (QED) is 0.784. The molecule has 4 heteroatoms. The van der Waals surface area contributed by atoms with Crippen LogP contribution < -0.4 is 0 Å². The number of nitrogens with zero attached hydrogens (tertiary/aromatic N) is 2. The number of aromatic nitrogens is 1. The van der Waals surface area contributed by atoms with Gasteiger partial charge in [0.1, 0.15) is 5.60 Å². The average Bonchev–Trinajstić information content (AvgIpc) is 2.37. The Morgan fingerprint density at radius 2 is 2.00 bits per heavy atom.